The Morgan fingerprint density at radius 2 is 2.31 bits per heavy atom. The molecule has 1 amide bonds. The van der Waals surface area contributed by atoms with Crippen molar-refractivity contribution in [2.24, 2.45) is 0 Å². The first-order chi connectivity index (χ1) is 7.72. The van der Waals surface area contributed by atoms with Crippen LogP contribution in [0.5, 0.6) is 0 Å². The van der Waals surface area contributed by atoms with E-state index in [4.69, 9.17) is 11.6 Å². The summed E-state index contributed by atoms with van der Waals surface area (Å²) in [4.78, 5) is 11.5. The van der Waals surface area contributed by atoms with Gasteiger partial charge in [0.25, 0.3) is 0 Å². The lowest BCUT2D eigenvalue weighted by Crippen LogP contribution is -2.21. The third-order valence-electron chi connectivity index (χ3n) is 1.93. The zero-order chi connectivity index (χ0) is 11.8. The number of carbonyl (C=O) groups is 1. The molecule has 0 aromatic heterocycles. The summed E-state index contributed by atoms with van der Waals surface area (Å²) in [5.74, 6) is -0.0289. The first kappa shape index (κ1) is 12.7. The monoisotopic (exact) mass is 238 g/mol. The number of nitrogens with one attached hydrogen (secondary N) is 2. The maximum absolute atomic E-state index is 11.5. The van der Waals surface area contributed by atoms with Gasteiger partial charge in [0.05, 0.1) is 0 Å². The second-order valence-electron chi connectivity index (χ2n) is 3.30. The average Bonchev–Trinajstić information content (AvgIpc) is 2.24. The lowest BCUT2D eigenvalue weighted by atomic mass is 10.3. The Balaban J connectivity index is 2.31. The Morgan fingerprint density at radius 1 is 1.50 bits per heavy atom. The summed E-state index contributed by atoms with van der Waals surface area (Å²) in [6.07, 6.45) is 2.19. The van der Waals surface area contributed by atoms with Crippen molar-refractivity contribution in [1.29, 1.82) is 0 Å². The third-order valence-corrected chi connectivity index (χ3v) is 2.16. The van der Waals surface area contributed by atoms with Crippen molar-refractivity contribution < 1.29 is 4.79 Å². The molecule has 16 heavy (non-hydrogen) atoms. The summed E-state index contributed by atoms with van der Waals surface area (Å²) in [7, 11) is 0. The van der Waals surface area contributed by atoms with Crippen molar-refractivity contribution in [2.75, 3.05) is 18.4 Å². The van der Waals surface area contributed by atoms with Crippen molar-refractivity contribution in [2.45, 2.75) is 6.42 Å². The second-order valence-corrected chi connectivity index (χ2v) is 3.74. The fourth-order valence-electron chi connectivity index (χ4n) is 1.20. The number of benzene rings is 1. The van der Waals surface area contributed by atoms with Gasteiger partial charge in [-0.2, -0.15) is 0 Å². The molecule has 0 aliphatic heterocycles. The predicted octanol–water partition coefficient (Wildman–Crippen LogP) is 2.44. The lowest BCUT2D eigenvalue weighted by Gasteiger charge is -2.05. The van der Waals surface area contributed by atoms with Gasteiger partial charge in [0.2, 0.25) is 5.91 Å². The Hall–Kier alpha value is -1.32. The molecular formula is C12H15ClN2O. The van der Waals surface area contributed by atoms with Crippen LogP contribution in [0.15, 0.2) is 36.9 Å². The van der Waals surface area contributed by atoms with Crippen LogP contribution in [0.2, 0.25) is 5.02 Å². The van der Waals surface area contributed by atoms with Gasteiger partial charge >= 0.3 is 0 Å². The van der Waals surface area contributed by atoms with Crippen LogP contribution in [-0.4, -0.2) is 19.0 Å². The predicted molar refractivity (Wildman–Crippen MR) is 67.8 cm³/mol. The van der Waals surface area contributed by atoms with E-state index in [1.165, 1.54) is 0 Å². The summed E-state index contributed by atoms with van der Waals surface area (Å²) >= 11 is 5.80. The van der Waals surface area contributed by atoms with Crippen LogP contribution in [-0.2, 0) is 4.79 Å². The number of hydrogen-bond acceptors (Lipinski definition) is 2. The highest BCUT2D eigenvalue weighted by molar-refractivity contribution is 6.30. The molecule has 0 radical (unpaired) electrons. The first-order valence-corrected chi connectivity index (χ1v) is 5.47. The highest BCUT2D eigenvalue weighted by atomic mass is 35.5. The minimum atomic E-state index is -0.0289. The topological polar surface area (TPSA) is 41.1 Å². The molecule has 1 aromatic rings. The number of rotatable bonds is 6. The molecule has 4 heteroatoms. The molecular weight excluding hydrogens is 224 g/mol. The van der Waals surface area contributed by atoms with E-state index in [2.05, 4.69) is 17.2 Å². The SMILES string of the molecule is C=CCNCCC(=O)Nc1cccc(Cl)c1. The quantitative estimate of drug-likeness (QED) is 0.591. The smallest absolute Gasteiger partial charge is 0.225 e. The molecule has 0 heterocycles. The molecule has 0 aliphatic carbocycles. The Labute approximate surface area is 100 Å². The van der Waals surface area contributed by atoms with E-state index >= 15 is 0 Å². The minimum Gasteiger partial charge on any atom is -0.326 e. The molecule has 0 spiro atoms. The van der Waals surface area contributed by atoms with Crippen molar-refractivity contribution in [3.8, 4) is 0 Å². The molecule has 2 N–H and O–H groups in total. The van der Waals surface area contributed by atoms with E-state index < -0.39 is 0 Å². The molecule has 0 unspecified atom stereocenters. The fourth-order valence-corrected chi connectivity index (χ4v) is 1.39. The molecule has 86 valence electrons. The molecule has 3 nitrogen and oxygen atoms in total. The van der Waals surface area contributed by atoms with Gasteiger partial charge in [0.15, 0.2) is 0 Å². The van der Waals surface area contributed by atoms with Gasteiger partial charge in [-0.25, -0.2) is 0 Å². The molecule has 0 bridgehead atoms. The second kappa shape index (κ2) is 7.04. The number of halogens is 1. The van der Waals surface area contributed by atoms with Crippen LogP contribution in [0.3, 0.4) is 0 Å². The third kappa shape index (κ3) is 4.96. The van der Waals surface area contributed by atoms with Crippen molar-refractivity contribution in [1.82, 2.24) is 5.32 Å². The van der Waals surface area contributed by atoms with Crippen LogP contribution >= 0.6 is 11.6 Å². The van der Waals surface area contributed by atoms with Crippen LogP contribution in [0, 0.1) is 0 Å². The summed E-state index contributed by atoms with van der Waals surface area (Å²) in [5.41, 5.74) is 0.723. The molecule has 0 saturated carbocycles. The van der Waals surface area contributed by atoms with Crippen molar-refractivity contribution in [3.05, 3.63) is 41.9 Å². The van der Waals surface area contributed by atoms with Gasteiger partial charge in [-0.3, -0.25) is 4.79 Å². The zero-order valence-corrected chi connectivity index (χ0v) is 9.76. The van der Waals surface area contributed by atoms with Gasteiger partial charge in [-0.05, 0) is 18.2 Å². The zero-order valence-electron chi connectivity index (χ0n) is 9.00. The Bertz CT molecular complexity index is 366. The first-order valence-electron chi connectivity index (χ1n) is 5.09. The minimum absolute atomic E-state index is 0.0289. The van der Waals surface area contributed by atoms with E-state index in [0.29, 0.717) is 24.5 Å². The van der Waals surface area contributed by atoms with E-state index in [0.717, 1.165) is 5.69 Å². The molecule has 0 fully saturated rings. The summed E-state index contributed by atoms with van der Waals surface area (Å²) in [6.45, 7) is 4.93. The summed E-state index contributed by atoms with van der Waals surface area (Å²) in [6, 6.07) is 7.09. The molecule has 1 aromatic carbocycles. The highest BCUT2D eigenvalue weighted by Gasteiger charge is 2.01. The number of hydrogen-bond donors (Lipinski definition) is 2. The van der Waals surface area contributed by atoms with Gasteiger partial charge in [-0.1, -0.05) is 23.7 Å². The largest absolute Gasteiger partial charge is 0.326 e. The average molecular weight is 239 g/mol. The fraction of sp³-hybridized carbons (Fsp3) is 0.250. The van der Waals surface area contributed by atoms with Gasteiger partial charge in [0, 0.05) is 30.2 Å². The Morgan fingerprint density at radius 3 is 3.00 bits per heavy atom. The number of carbonyl (C=O) groups excluding carboxylic acids is 1. The van der Waals surface area contributed by atoms with Crippen molar-refractivity contribution in [3.63, 3.8) is 0 Å². The van der Waals surface area contributed by atoms with E-state index in [1.807, 2.05) is 0 Å². The standard InChI is InChI=1S/C12H15ClN2O/c1-2-7-14-8-6-12(16)15-11-5-3-4-10(13)9-11/h2-5,9,14H,1,6-8H2,(H,15,16). The number of amides is 1. The lowest BCUT2D eigenvalue weighted by molar-refractivity contribution is -0.116. The highest BCUT2D eigenvalue weighted by Crippen LogP contribution is 2.14. The maximum Gasteiger partial charge on any atom is 0.225 e. The molecule has 1 rings (SSSR count). The normalized spacial score (nSPS) is 9.81. The van der Waals surface area contributed by atoms with E-state index in [1.54, 1.807) is 30.3 Å². The van der Waals surface area contributed by atoms with E-state index in [9.17, 15) is 4.79 Å². The summed E-state index contributed by atoms with van der Waals surface area (Å²) < 4.78 is 0. The Kier molecular flexibility index (Phi) is 5.61. The van der Waals surface area contributed by atoms with Crippen LogP contribution in [0.4, 0.5) is 5.69 Å². The maximum atomic E-state index is 11.5. The molecule has 0 saturated heterocycles. The van der Waals surface area contributed by atoms with E-state index in [-0.39, 0.29) is 5.91 Å². The number of anilines is 1. The van der Waals surface area contributed by atoms with Crippen LogP contribution in [0.25, 0.3) is 0 Å². The van der Waals surface area contributed by atoms with Gasteiger partial charge < -0.3 is 10.6 Å². The summed E-state index contributed by atoms with van der Waals surface area (Å²) in [5, 5.41) is 6.44. The van der Waals surface area contributed by atoms with Gasteiger partial charge in [-0.15, -0.1) is 6.58 Å². The van der Waals surface area contributed by atoms with Crippen molar-refractivity contribution >= 4 is 23.2 Å². The van der Waals surface area contributed by atoms with Crippen LogP contribution < -0.4 is 10.6 Å². The molecule has 0 aliphatic rings. The van der Waals surface area contributed by atoms with Crippen LogP contribution in [0.1, 0.15) is 6.42 Å². The van der Waals surface area contributed by atoms with Gasteiger partial charge in [0.1, 0.15) is 0 Å². The molecule has 0 atom stereocenters.